The molecule has 0 aliphatic carbocycles. The van der Waals surface area contributed by atoms with E-state index in [-0.39, 0.29) is 17.9 Å². The molecule has 1 aliphatic heterocycles. The van der Waals surface area contributed by atoms with Gasteiger partial charge in [-0.15, -0.1) is 0 Å². The molecule has 0 aromatic heterocycles. The summed E-state index contributed by atoms with van der Waals surface area (Å²) in [5.41, 5.74) is 0.734. The summed E-state index contributed by atoms with van der Waals surface area (Å²) in [6.45, 7) is 13.8. The molecule has 1 aromatic carbocycles. The number of esters is 1. The summed E-state index contributed by atoms with van der Waals surface area (Å²) >= 11 is 0. The Bertz CT molecular complexity index is 767. The molecule has 7 heteroatoms. The quantitative estimate of drug-likeness (QED) is 0.773. The maximum absolute atomic E-state index is 12.8. The highest BCUT2D eigenvalue weighted by atomic mass is 16.5. The minimum absolute atomic E-state index is 0.161. The van der Waals surface area contributed by atoms with E-state index in [4.69, 9.17) is 4.74 Å². The van der Waals surface area contributed by atoms with Crippen LogP contribution in [-0.2, 0) is 20.4 Å². The third-order valence-corrected chi connectivity index (χ3v) is 4.72. The van der Waals surface area contributed by atoms with Crippen LogP contribution in [0.3, 0.4) is 0 Å². The third kappa shape index (κ3) is 4.46. The zero-order chi connectivity index (χ0) is 21.4. The molecule has 1 fully saturated rings. The lowest BCUT2D eigenvalue weighted by atomic mass is 9.78. The molecule has 2 N–H and O–H groups in total. The molecule has 1 saturated heterocycles. The lowest BCUT2D eigenvalue weighted by molar-refractivity contribution is -0.136. The van der Waals surface area contributed by atoms with Crippen molar-refractivity contribution < 1.29 is 24.2 Å². The first-order chi connectivity index (χ1) is 12.7. The Labute approximate surface area is 166 Å². The van der Waals surface area contributed by atoms with Crippen molar-refractivity contribution in [2.75, 3.05) is 13.1 Å². The second kappa shape index (κ2) is 7.45. The number of amides is 3. The minimum Gasteiger partial charge on any atom is -0.507 e. The first-order valence-electron chi connectivity index (χ1n) is 9.41. The summed E-state index contributed by atoms with van der Waals surface area (Å²) < 4.78 is 5.34. The molecule has 0 saturated carbocycles. The zero-order valence-electron chi connectivity index (χ0n) is 17.7. The topological polar surface area (TPSA) is 95.9 Å². The molecule has 1 atom stereocenters. The van der Waals surface area contributed by atoms with Crippen molar-refractivity contribution >= 4 is 17.9 Å². The number of carbonyl (C=O) groups is 3. The number of aromatic hydroxyl groups is 1. The maximum Gasteiger partial charge on any atom is 0.338 e. The number of benzene rings is 1. The fourth-order valence-electron chi connectivity index (χ4n) is 3.08. The predicted molar refractivity (Wildman–Crippen MR) is 105 cm³/mol. The minimum atomic E-state index is -1.10. The fourth-order valence-corrected chi connectivity index (χ4v) is 3.08. The normalized spacial score (nSPS) is 16.0. The smallest absolute Gasteiger partial charge is 0.338 e. The number of phenolic OH excluding ortho intramolecular Hbond substituents is 1. The van der Waals surface area contributed by atoms with E-state index in [2.05, 4.69) is 5.32 Å². The number of hydrogen-bond donors (Lipinski definition) is 2. The van der Waals surface area contributed by atoms with Crippen molar-refractivity contribution in [3.8, 4) is 5.75 Å². The van der Waals surface area contributed by atoms with Crippen molar-refractivity contribution in [2.24, 2.45) is 0 Å². The van der Waals surface area contributed by atoms with Gasteiger partial charge in [0.05, 0.1) is 5.56 Å². The van der Waals surface area contributed by atoms with E-state index in [1.165, 1.54) is 6.92 Å². The van der Waals surface area contributed by atoms with E-state index >= 15 is 0 Å². The summed E-state index contributed by atoms with van der Waals surface area (Å²) in [5, 5.41) is 13.3. The monoisotopic (exact) mass is 390 g/mol. The van der Waals surface area contributed by atoms with Crippen LogP contribution in [-0.4, -0.2) is 47.1 Å². The first kappa shape index (κ1) is 21.7. The van der Waals surface area contributed by atoms with Gasteiger partial charge in [0.25, 0.3) is 5.91 Å². The molecule has 7 nitrogen and oxygen atoms in total. The summed E-state index contributed by atoms with van der Waals surface area (Å²) in [7, 11) is 0. The molecular weight excluding hydrogens is 360 g/mol. The second-order valence-corrected chi connectivity index (χ2v) is 9.19. The first-order valence-corrected chi connectivity index (χ1v) is 9.41. The summed E-state index contributed by atoms with van der Waals surface area (Å²) in [6.07, 6.45) is -1.10. The van der Waals surface area contributed by atoms with E-state index < -0.39 is 34.8 Å². The molecule has 154 valence electrons. The molecule has 3 amide bonds. The predicted octanol–water partition coefficient (Wildman–Crippen LogP) is 3.08. The fraction of sp³-hybridized carbons (Fsp3) is 0.571. The van der Waals surface area contributed by atoms with Crippen LogP contribution in [0.4, 0.5) is 4.79 Å². The van der Waals surface area contributed by atoms with Crippen LogP contribution in [0, 0.1) is 0 Å². The van der Waals surface area contributed by atoms with Crippen LogP contribution in [0.1, 0.15) is 70.0 Å². The summed E-state index contributed by atoms with van der Waals surface area (Å²) in [4.78, 5) is 37.8. The number of nitrogens with zero attached hydrogens (tertiary/aromatic N) is 1. The van der Waals surface area contributed by atoms with Gasteiger partial charge in [-0.2, -0.15) is 0 Å². The van der Waals surface area contributed by atoms with Gasteiger partial charge in [-0.3, -0.25) is 9.69 Å². The van der Waals surface area contributed by atoms with Gasteiger partial charge in [0, 0.05) is 24.2 Å². The SMILES string of the molecule is C[C@H](OC(=O)c1cc(C(C)(C)C)c(O)c(C(C)(C)C)c1)C(=O)N1CCNC1=O. The van der Waals surface area contributed by atoms with Gasteiger partial charge in [0.2, 0.25) is 0 Å². The second-order valence-electron chi connectivity index (χ2n) is 9.19. The average Bonchev–Trinajstić information content (AvgIpc) is 2.97. The van der Waals surface area contributed by atoms with Crippen LogP contribution < -0.4 is 5.32 Å². The molecule has 0 bridgehead atoms. The highest BCUT2D eigenvalue weighted by Gasteiger charge is 2.33. The average molecular weight is 390 g/mol. The third-order valence-electron chi connectivity index (χ3n) is 4.72. The number of urea groups is 1. The molecule has 1 aromatic rings. The lowest BCUT2D eigenvalue weighted by Crippen LogP contribution is -2.41. The highest BCUT2D eigenvalue weighted by molar-refractivity contribution is 5.99. The van der Waals surface area contributed by atoms with Crippen LogP contribution in [0.2, 0.25) is 0 Å². The van der Waals surface area contributed by atoms with Gasteiger partial charge >= 0.3 is 12.0 Å². The molecule has 0 spiro atoms. The van der Waals surface area contributed by atoms with Crippen LogP contribution in [0.25, 0.3) is 0 Å². The van der Waals surface area contributed by atoms with E-state index in [9.17, 15) is 19.5 Å². The van der Waals surface area contributed by atoms with Crippen LogP contribution in [0.15, 0.2) is 12.1 Å². The molecule has 28 heavy (non-hydrogen) atoms. The Morgan fingerprint density at radius 3 is 2.00 bits per heavy atom. The number of rotatable bonds is 3. The Morgan fingerprint density at radius 2 is 1.61 bits per heavy atom. The number of imide groups is 1. The van der Waals surface area contributed by atoms with E-state index in [0.717, 1.165) is 4.90 Å². The number of nitrogens with one attached hydrogen (secondary N) is 1. The number of carbonyl (C=O) groups excluding carboxylic acids is 3. The van der Waals surface area contributed by atoms with Crippen LogP contribution >= 0.6 is 0 Å². The molecule has 1 aliphatic rings. The van der Waals surface area contributed by atoms with Gasteiger partial charge < -0.3 is 15.2 Å². The van der Waals surface area contributed by atoms with E-state index in [1.54, 1.807) is 12.1 Å². The van der Waals surface area contributed by atoms with Gasteiger partial charge in [-0.25, -0.2) is 9.59 Å². The number of phenols is 1. The summed E-state index contributed by atoms with van der Waals surface area (Å²) in [5.74, 6) is -1.07. The number of ether oxygens (including phenoxy) is 1. The van der Waals surface area contributed by atoms with Gasteiger partial charge in [0.1, 0.15) is 5.75 Å². The molecule has 1 heterocycles. The highest BCUT2D eigenvalue weighted by Crippen LogP contribution is 2.39. The van der Waals surface area contributed by atoms with E-state index in [1.807, 2.05) is 41.5 Å². The largest absolute Gasteiger partial charge is 0.507 e. The zero-order valence-corrected chi connectivity index (χ0v) is 17.7. The van der Waals surface area contributed by atoms with Gasteiger partial charge in [-0.1, -0.05) is 41.5 Å². The maximum atomic E-state index is 12.8. The Morgan fingerprint density at radius 1 is 1.11 bits per heavy atom. The lowest BCUT2D eigenvalue weighted by Gasteiger charge is -2.28. The van der Waals surface area contributed by atoms with E-state index in [0.29, 0.717) is 17.7 Å². The van der Waals surface area contributed by atoms with Crippen molar-refractivity contribution in [3.05, 3.63) is 28.8 Å². The molecule has 2 rings (SSSR count). The Hall–Kier alpha value is -2.57. The summed E-state index contributed by atoms with van der Waals surface area (Å²) in [6, 6.07) is 2.72. The molecule has 0 unspecified atom stereocenters. The van der Waals surface area contributed by atoms with Crippen molar-refractivity contribution in [3.63, 3.8) is 0 Å². The molecular formula is C21H30N2O5. The molecule has 0 radical (unpaired) electrons. The Kier molecular flexibility index (Phi) is 5.78. The van der Waals surface area contributed by atoms with Gasteiger partial charge in [0.15, 0.2) is 6.10 Å². The standard InChI is InChI=1S/C21H30N2O5/c1-12(17(25)23-9-8-22-19(23)27)28-18(26)13-10-14(20(2,3)4)16(24)15(11-13)21(5,6)7/h10-12,24H,8-9H2,1-7H3,(H,22,27)/t12-/m0/s1. The van der Waals surface area contributed by atoms with Crippen molar-refractivity contribution in [1.29, 1.82) is 0 Å². The van der Waals surface area contributed by atoms with Crippen LogP contribution in [0.5, 0.6) is 5.75 Å². The van der Waals surface area contributed by atoms with Gasteiger partial charge in [-0.05, 0) is 29.9 Å². The number of hydrogen-bond acceptors (Lipinski definition) is 5. The van der Waals surface area contributed by atoms with Crippen molar-refractivity contribution in [2.45, 2.75) is 65.4 Å². The van der Waals surface area contributed by atoms with Crippen molar-refractivity contribution in [1.82, 2.24) is 10.2 Å². The Balaban J connectivity index is 2.34.